The standard InChI is InChI=1S/C20H23N5O2/c1-14-13-27-4-3-25(14)12-19(26)7-18-6-15-5-16(8-22-20(15)10-21-18)17-9-23-24(2)11-17/h5-6,8-11,14H,3-4,7,12-13H2,1-2H3/t14-/m1/s1. The molecule has 0 bridgehead atoms. The van der Waals surface area contributed by atoms with Gasteiger partial charge in [-0.05, 0) is 19.1 Å². The predicted octanol–water partition coefficient (Wildman–Crippen LogP) is 1.86. The van der Waals surface area contributed by atoms with Gasteiger partial charge in [-0.3, -0.25) is 24.3 Å². The van der Waals surface area contributed by atoms with Crippen LogP contribution in [0.2, 0.25) is 0 Å². The van der Waals surface area contributed by atoms with E-state index in [9.17, 15) is 4.79 Å². The van der Waals surface area contributed by atoms with Crippen LogP contribution in [0.25, 0.3) is 22.0 Å². The third kappa shape index (κ3) is 4.04. The van der Waals surface area contributed by atoms with Crippen molar-refractivity contribution in [3.8, 4) is 11.1 Å². The van der Waals surface area contributed by atoms with Gasteiger partial charge >= 0.3 is 0 Å². The highest BCUT2D eigenvalue weighted by Gasteiger charge is 2.21. The second kappa shape index (κ2) is 7.54. The molecule has 0 N–H and O–H groups in total. The topological polar surface area (TPSA) is 73.1 Å². The van der Waals surface area contributed by atoms with Crippen LogP contribution in [0.4, 0.5) is 0 Å². The van der Waals surface area contributed by atoms with Crippen molar-refractivity contribution in [1.29, 1.82) is 0 Å². The predicted molar refractivity (Wildman–Crippen MR) is 102 cm³/mol. The van der Waals surface area contributed by atoms with Gasteiger partial charge < -0.3 is 4.74 Å². The van der Waals surface area contributed by atoms with Gasteiger partial charge in [-0.2, -0.15) is 5.10 Å². The fourth-order valence-corrected chi connectivity index (χ4v) is 3.38. The van der Waals surface area contributed by atoms with Crippen LogP contribution in [0.3, 0.4) is 0 Å². The molecule has 1 aliphatic heterocycles. The molecule has 0 aliphatic carbocycles. The zero-order valence-corrected chi connectivity index (χ0v) is 15.6. The summed E-state index contributed by atoms with van der Waals surface area (Å²) in [6.07, 6.45) is 7.67. The first-order valence-corrected chi connectivity index (χ1v) is 9.16. The minimum atomic E-state index is 0.173. The first kappa shape index (κ1) is 17.8. The van der Waals surface area contributed by atoms with Crippen molar-refractivity contribution in [3.05, 3.63) is 42.6 Å². The third-order valence-corrected chi connectivity index (χ3v) is 4.93. The first-order valence-electron chi connectivity index (χ1n) is 9.16. The number of Topliss-reactive ketones (excluding diaryl/α,β-unsaturated/α-hetero) is 1. The maximum atomic E-state index is 12.5. The number of nitrogens with zero attached hydrogens (tertiary/aromatic N) is 5. The van der Waals surface area contributed by atoms with Crippen molar-refractivity contribution in [1.82, 2.24) is 24.6 Å². The number of fused-ring (bicyclic) bond motifs is 1. The second-order valence-corrected chi connectivity index (χ2v) is 7.10. The summed E-state index contributed by atoms with van der Waals surface area (Å²) in [5.41, 5.74) is 3.61. The van der Waals surface area contributed by atoms with E-state index in [4.69, 9.17) is 4.74 Å². The molecule has 3 aromatic heterocycles. The normalized spacial score (nSPS) is 18.1. The number of carbonyl (C=O) groups excluding carboxylic acids is 1. The van der Waals surface area contributed by atoms with Gasteiger partial charge in [-0.25, -0.2) is 0 Å². The monoisotopic (exact) mass is 365 g/mol. The molecule has 0 spiro atoms. The highest BCUT2D eigenvalue weighted by Crippen LogP contribution is 2.22. The Morgan fingerprint density at radius 2 is 2.11 bits per heavy atom. The minimum absolute atomic E-state index is 0.173. The molecular formula is C20H23N5O2. The highest BCUT2D eigenvalue weighted by atomic mass is 16.5. The number of rotatable bonds is 5. The number of morpholine rings is 1. The number of ketones is 1. The zero-order chi connectivity index (χ0) is 18.8. The van der Waals surface area contributed by atoms with Crippen LogP contribution >= 0.6 is 0 Å². The molecule has 0 radical (unpaired) electrons. The molecule has 140 valence electrons. The molecule has 0 amide bonds. The number of aromatic nitrogens is 4. The highest BCUT2D eigenvalue weighted by molar-refractivity contribution is 5.86. The second-order valence-electron chi connectivity index (χ2n) is 7.10. The molecule has 7 nitrogen and oxygen atoms in total. The molecule has 1 atom stereocenters. The van der Waals surface area contributed by atoms with Crippen molar-refractivity contribution in [3.63, 3.8) is 0 Å². The van der Waals surface area contributed by atoms with Crippen LogP contribution in [-0.2, 0) is 23.0 Å². The molecule has 1 fully saturated rings. The first-order chi connectivity index (χ1) is 13.1. The minimum Gasteiger partial charge on any atom is -0.379 e. The Balaban J connectivity index is 1.51. The Morgan fingerprint density at radius 1 is 1.22 bits per heavy atom. The lowest BCUT2D eigenvalue weighted by Gasteiger charge is -2.32. The molecule has 0 unspecified atom stereocenters. The fourth-order valence-electron chi connectivity index (χ4n) is 3.38. The molecule has 0 aromatic carbocycles. The molecule has 27 heavy (non-hydrogen) atoms. The average Bonchev–Trinajstić information content (AvgIpc) is 3.09. The quantitative estimate of drug-likeness (QED) is 0.687. The van der Waals surface area contributed by atoms with Crippen molar-refractivity contribution in [2.75, 3.05) is 26.3 Å². The van der Waals surface area contributed by atoms with Crippen LogP contribution in [0.5, 0.6) is 0 Å². The number of ether oxygens (including phenoxy) is 1. The summed E-state index contributed by atoms with van der Waals surface area (Å²) in [6, 6.07) is 4.31. The molecular weight excluding hydrogens is 342 g/mol. The van der Waals surface area contributed by atoms with E-state index in [0.29, 0.717) is 26.2 Å². The maximum Gasteiger partial charge on any atom is 0.152 e. The van der Waals surface area contributed by atoms with Gasteiger partial charge in [0.25, 0.3) is 0 Å². The summed E-state index contributed by atoms with van der Waals surface area (Å²) in [6.45, 7) is 4.71. The smallest absolute Gasteiger partial charge is 0.152 e. The van der Waals surface area contributed by atoms with E-state index in [-0.39, 0.29) is 11.8 Å². The molecule has 0 saturated carbocycles. The van der Waals surface area contributed by atoms with Crippen LogP contribution in [0.1, 0.15) is 12.6 Å². The lowest BCUT2D eigenvalue weighted by Crippen LogP contribution is -2.46. The van der Waals surface area contributed by atoms with Gasteiger partial charge in [0.2, 0.25) is 0 Å². The van der Waals surface area contributed by atoms with E-state index in [0.717, 1.165) is 34.3 Å². The van der Waals surface area contributed by atoms with Crippen molar-refractivity contribution < 1.29 is 9.53 Å². The number of carbonyl (C=O) groups is 1. The van der Waals surface area contributed by atoms with E-state index in [1.165, 1.54) is 0 Å². The average molecular weight is 365 g/mol. The van der Waals surface area contributed by atoms with Gasteiger partial charge in [0.15, 0.2) is 5.78 Å². The fraction of sp³-hybridized carbons (Fsp3) is 0.400. The Bertz CT molecular complexity index is 968. The summed E-state index contributed by atoms with van der Waals surface area (Å²) >= 11 is 0. The van der Waals surface area contributed by atoms with E-state index in [2.05, 4.69) is 33.0 Å². The van der Waals surface area contributed by atoms with Crippen molar-refractivity contribution in [2.45, 2.75) is 19.4 Å². The third-order valence-electron chi connectivity index (χ3n) is 4.93. The number of hydrogen-bond acceptors (Lipinski definition) is 6. The molecule has 7 heteroatoms. The molecule has 1 saturated heterocycles. The number of pyridine rings is 2. The summed E-state index contributed by atoms with van der Waals surface area (Å²) in [5, 5.41) is 5.19. The van der Waals surface area contributed by atoms with Gasteiger partial charge in [-0.15, -0.1) is 0 Å². The van der Waals surface area contributed by atoms with Gasteiger partial charge in [0, 0.05) is 54.2 Å². The lowest BCUT2D eigenvalue weighted by atomic mass is 10.1. The summed E-state index contributed by atoms with van der Waals surface area (Å²) in [4.78, 5) is 23.6. The Kier molecular flexibility index (Phi) is 4.96. The van der Waals surface area contributed by atoms with E-state index >= 15 is 0 Å². The van der Waals surface area contributed by atoms with E-state index in [1.807, 2.05) is 31.7 Å². The lowest BCUT2D eigenvalue weighted by molar-refractivity contribution is -0.121. The Morgan fingerprint density at radius 3 is 2.89 bits per heavy atom. The largest absolute Gasteiger partial charge is 0.379 e. The summed E-state index contributed by atoms with van der Waals surface area (Å²) < 4.78 is 7.20. The SMILES string of the molecule is C[C@@H]1COCCN1CC(=O)Cc1cc2cc(-c3cnn(C)c3)cnc2cn1. The zero-order valence-electron chi connectivity index (χ0n) is 15.6. The van der Waals surface area contributed by atoms with Gasteiger partial charge in [0.05, 0.1) is 44.1 Å². The van der Waals surface area contributed by atoms with Gasteiger partial charge in [-0.1, -0.05) is 0 Å². The van der Waals surface area contributed by atoms with E-state index in [1.54, 1.807) is 10.9 Å². The van der Waals surface area contributed by atoms with E-state index < -0.39 is 0 Å². The molecule has 4 heterocycles. The molecule has 4 rings (SSSR count). The van der Waals surface area contributed by atoms with Crippen molar-refractivity contribution in [2.24, 2.45) is 7.05 Å². The van der Waals surface area contributed by atoms with Crippen molar-refractivity contribution >= 4 is 16.7 Å². The maximum absolute atomic E-state index is 12.5. The van der Waals surface area contributed by atoms with Crippen LogP contribution < -0.4 is 0 Å². The number of aryl methyl sites for hydroxylation is 1. The summed E-state index contributed by atoms with van der Waals surface area (Å²) in [5.74, 6) is 0.173. The molecule has 1 aliphatic rings. The van der Waals surface area contributed by atoms with Crippen LogP contribution in [0, 0.1) is 0 Å². The number of hydrogen-bond donors (Lipinski definition) is 0. The van der Waals surface area contributed by atoms with Crippen LogP contribution in [0.15, 0.2) is 36.9 Å². The Hall–Kier alpha value is -2.64. The molecule has 3 aromatic rings. The van der Waals surface area contributed by atoms with Gasteiger partial charge in [0.1, 0.15) is 0 Å². The van der Waals surface area contributed by atoms with Crippen LogP contribution in [-0.4, -0.2) is 62.8 Å². The summed E-state index contributed by atoms with van der Waals surface area (Å²) in [7, 11) is 1.89. The Labute approximate surface area is 158 Å².